The lowest BCUT2D eigenvalue weighted by Crippen LogP contribution is -2.41. The maximum absolute atomic E-state index is 10.6. The Morgan fingerprint density at radius 1 is 1.57 bits per heavy atom. The molecule has 0 rings (SSSR count). The minimum Gasteiger partial charge on any atom is -0.480 e. The normalized spacial score (nSPS) is 12.7. The zero-order chi connectivity index (χ0) is 11.0. The van der Waals surface area contributed by atoms with Crippen LogP contribution in [0.25, 0.3) is 0 Å². The zero-order valence-corrected chi connectivity index (χ0v) is 9.65. The maximum atomic E-state index is 10.6. The number of carboxylic acid groups (broad SMARTS) is 1. The Balaban J connectivity index is 3.85. The number of carbonyl (C=O) groups is 2. The summed E-state index contributed by atoms with van der Waals surface area (Å²) in [4.78, 5) is 21.3. The molecular formula is C8H13NO3S2. The molecule has 0 aliphatic carbocycles. The van der Waals surface area contributed by atoms with E-state index in [4.69, 9.17) is 5.11 Å². The molecule has 0 fully saturated rings. The van der Waals surface area contributed by atoms with Crippen LogP contribution in [-0.4, -0.2) is 28.8 Å². The monoisotopic (exact) mass is 235 g/mol. The number of allylic oxidation sites excluding steroid dienone is 1. The molecule has 0 radical (unpaired) electrons. The molecule has 1 amide bonds. The van der Waals surface area contributed by atoms with Crippen molar-refractivity contribution >= 4 is 33.5 Å². The highest BCUT2D eigenvalue weighted by Gasteiger charge is 2.17. The van der Waals surface area contributed by atoms with E-state index in [1.54, 1.807) is 0 Å². The van der Waals surface area contributed by atoms with Crippen molar-refractivity contribution in [3.05, 3.63) is 11.5 Å². The predicted octanol–water partition coefficient (Wildman–Crippen LogP) is 1.49. The Bertz CT molecular complexity index is 231. The molecule has 0 heterocycles. The topological polar surface area (TPSA) is 66.4 Å². The fraction of sp³-hybridized carbons (Fsp3) is 0.500. The Kier molecular flexibility index (Phi) is 7.41. The van der Waals surface area contributed by atoms with E-state index in [9.17, 15) is 9.59 Å². The summed E-state index contributed by atoms with van der Waals surface area (Å²) < 4.78 is 0. The van der Waals surface area contributed by atoms with Gasteiger partial charge in [0.1, 0.15) is 6.04 Å². The second kappa shape index (κ2) is 7.75. The summed E-state index contributed by atoms with van der Waals surface area (Å²) >= 11 is 0. The van der Waals surface area contributed by atoms with Gasteiger partial charge in [-0.1, -0.05) is 27.7 Å². The lowest BCUT2D eigenvalue weighted by Gasteiger charge is -2.11. The van der Waals surface area contributed by atoms with Gasteiger partial charge in [0, 0.05) is 12.7 Å². The number of rotatable bonds is 6. The predicted molar refractivity (Wildman–Crippen MR) is 60.1 cm³/mol. The quantitative estimate of drug-likeness (QED) is 0.539. The van der Waals surface area contributed by atoms with Gasteiger partial charge in [0.25, 0.3) is 0 Å². The van der Waals surface area contributed by atoms with Gasteiger partial charge in [0.15, 0.2) is 0 Å². The average Bonchev–Trinajstić information content (AvgIpc) is 2.09. The summed E-state index contributed by atoms with van der Waals surface area (Å²) in [6, 6.07) is -0.810. The van der Waals surface area contributed by atoms with Crippen LogP contribution < -0.4 is 5.32 Å². The van der Waals surface area contributed by atoms with Gasteiger partial charge in [0.05, 0.1) is 0 Å². The first-order chi connectivity index (χ1) is 6.57. The van der Waals surface area contributed by atoms with E-state index in [-0.39, 0.29) is 5.91 Å². The molecule has 1 atom stereocenters. The van der Waals surface area contributed by atoms with Gasteiger partial charge in [-0.3, -0.25) is 4.79 Å². The summed E-state index contributed by atoms with van der Waals surface area (Å²) in [5, 5.41) is 12.9. The van der Waals surface area contributed by atoms with E-state index in [0.29, 0.717) is 5.75 Å². The number of hydrogen-bond acceptors (Lipinski definition) is 4. The summed E-state index contributed by atoms with van der Waals surface area (Å²) in [5.41, 5.74) is 0. The minimum absolute atomic E-state index is 0.325. The van der Waals surface area contributed by atoms with Crippen molar-refractivity contribution in [1.82, 2.24) is 5.32 Å². The van der Waals surface area contributed by atoms with Gasteiger partial charge in [0.2, 0.25) is 5.91 Å². The number of amides is 1. The van der Waals surface area contributed by atoms with E-state index in [0.717, 1.165) is 0 Å². The minimum atomic E-state index is -1.01. The van der Waals surface area contributed by atoms with Crippen molar-refractivity contribution in [3.8, 4) is 0 Å². The molecule has 2 N–H and O–H groups in total. The molecule has 0 aromatic rings. The molecule has 0 aliphatic heterocycles. The Morgan fingerprint density at radius 3 is 2.64 bits per heavy atom. The number of carbonyl (C=O) groups excluding carboxylic acids is 1. The van der Waals surface area contributed by atoms with Crippen LogP contribution in [0, 0.1) is 0 Å². The Morgan fingerprint density at radius 2 is 2.21 bits per heavy atom. The third-order valence-corrected chi connectivity index (χ3v) is 3.31. The molecule has 0 saturated heterocycles. The fourth-order valence-electron chi connectivity index (χ4n) is 0.622. The first kappa shape index (κ1) is 13.4. The first-order valence-corrected chi connectivity index (χ1v) is 6.35. The number of nitrogens with one attached hydrogen (secondary N) is 1. The highest BCUT2D eigenvalue weighted by atomic mass is 33.1. The molecule has 0 spiro atoms. The average molecular weight is 235 g/mol. The molecular weight excluding hydrogens is 222 g/mol. The van der Waals surface area contributed by atoms with Gasteiger partial charge in [-0.2, -0.15) is 0 Å². The largest absolute Gasteiger partial charge is 0.480 e. The standard InChI is InChI=1S/C8H13NO3S2/c1-3-4-13-14-5-7(8(11)12)9-6(2)10/h3-4,7H,5H2,1-2H3,(H,9,10)(H,11,12)/t7-/m0/s1. The molecule has 14 heavy (non-hydrogen) atoms. The van der Waals surface area contributed by atoms with E-state index >= 15 is 0 Å². The Hall–Kier alpha value is -0.620. The van der Waals surface area contributed by atoms with Crippen LogP contribution >= 0.6 is 21.6 Å². The molecule has 6 heteroatoms. The van der Waals surface area contributed by atoms with Gasteiger partial charge in [-0.05, 0) is 12.3 Å². The van der Waals surface area contributed by atoms with E-state index < -0.39 is 12.0 Å². The van der Waals surface area contributed by atoms with E-state index in [2.05, 4.69) is 5.32 Å². The van der Waals surface area contributed by atoms with E-state index in [1.807, 2.05) is 18.4 Å². The summed E-state index contributed by atoms with van der Waals surface area (Å²) in [6.45, 7) is 3.19. The maximum Gasteiger partial charge on any atom is 0.327 e. The second-order valence-corrected chi connectivity index (χ2v) is 4.76. The smallest absolute Gasteiger partial charge is 0.327 e. The molecule has 0 bridgehead atoms. The fourth-order valence-corrected chi connectivity index (χ4v) is 2.47. The molecule has 0 aliphatic rings. The van der Waals surface area contributed by atoms with Crippen LogP contribution in [0.5, 0.6) is 0 Å². The summed E-state index contributed by atoms with van der Waals surface area (Å²) in [6.07, 6.45) is 1.87. The zero-order valence-electron chi connectivity index (χ0n) is 8.02. The highest BCUT2D eigenvalue weighted by molar-refractivity contribution is 8.77. The van der Waals surface area contributed by atoms with Crippen molar-refractivity contribution in [1.29, 1.82) is 0 Å². The molecule has 0 unspecified atom stereocenters. The molecule has 0 aromatic heterocycles. The van der Waals surface area contributed by atoms with Crippen molar-refractivity contribution in [2.24, 2.45) is 0 Å². The molecule has 4 nitrogen and oxygen atoms in total. The number of hydrogen-bond donors (Lipinski definition) is 2. The lowest BCUT2D eigenvalue weighted by molar-refractivity contribution is -0.140. The second-order valence-electron chi connectivity index (χ2n) is 2.44. The molecule has 0 saturated carbocycles. The van der Waals surface area contributed by atoms with Crippen molar-refractivity contribution < 1.29 is 14.7 Å². The number of aliphatic carboxylic acids is 1. The van der Waals surface area contributed by atoms with Crippen molar-refractivity contribution in [3.63, 3.8) is 0 Å². The molecule has 0 aromatic carbocycles. The van der Waals surface area contributed by atoms with Crippen molar-refractivity contribution in [2.45, 2.75) is 19.9 Å². The lowest BCUT2D eigenvalue weighted by atomic mass is 10.3. The van der Waals surface area contributed by atoms with Crippen LogP contribution in [0.3, 0.4) is 0 Å². The third-order valence-electron chi connectivity index (χ3n) is 1.17. The Labute approximate surface area is 90.9 Å². The third kappa shape index (κ3) is 6.85. The van der Waals surface area contributed by atoms with Crippen LogP contribution in [0.1, 0.15) is 13.8 Å². The summed E-state index contributed by atoms with van der Waals surface area (Å²) in [5.74, 6) is -0.980. The van der Waals surface area contributed by atoms with Crippen molar-refractivity contribution in [2.75, 3.05) is 5.75 Å². The van der Waals surface area contributed by atoms with Crippen LogP contribution in [0.4, 0.5) is 0 Å². The molecule has 80 valence electrons. The van der Waals surface area contributed by atoms with Gasteiger partial charge < -0.3 is 10.4 Å². The summed E-state index contributed by atoms with van der Waals surface area (Å²) in [7, 11) is 2.84. The van der Waals surface area contributed by atoms with Gasteiger partial charge in [-0.25, -0.2) is 4.79 Å². The van der Waals surface area contributed by atoms with Crippen LogP contribution in [0.2, 0.25) is 0 Å². The van der Waals surface area contributed by atoms with Crippen LogP contribution in [0.15, 0.2) is 11.5 Å². The number of carboxylic acids is 1. The van der Waals surface area contributed by atoms with Crippen LogP contribution in [-0.2, 0) is 9.59 Å². The first-order valence-electron chi connectivity index (χ1n) is 3.97. The van der Waals surface area contributed by atoms with Gasteiger partial charge >= 0.3 is 5.97 Å². The van der Waals surface area contributed by atoms with E-state index in [1.165, 1.54) is 28.5 Å². The van der Waals surface area contributed by atoms with Gasteiger partial charge in [-0.15, -0.1) is 0 Å². The SMILES string of the molecule is CC=CSSC[C@H](NC(C)=O)C(=O)O. The highest BCUT2D eigenvalue weighted by Crippen LogP contribution is 2.22.